The normalized spacial score (nSPS) is 19.8. The van der Waals surface area contributed by atoms with E-state index in [2.05, 4.69) is 15.6 Å². The average Bonchev–Trinajstić information content (AvgIpc) is 3.21. The van der Waals surface area contributed by atoms with Crippen molar-refractivity contribution in [2.24, 2.45) is 0 Å². The Morgan fingerprint density at radius 3 is 2.58 bits per heavy atom. The topological polar surface area (TPSA) is 164 Å². The van der Waals surface area contributed by atoms with Gasteiger partial charge in [0.25, 0.3) is 11.8 Å². The molecule has 2 atom stereocenters. The molecule has 0 aliphatic carbocycles. The lowest BCUT2D eigenvalue weighted by Crippen LogP contribution is -2.70. The van der Waals surface area contributed by atoms with Crippen LogP contribution >= 0.6 is 23.1 Å². The summed E-state index contributed by atoms with van der Waals surface area (Å²) < 4.78 is 10.1. The van der Waals surface area contributed by atoms with Crippen molar-refractivity contribution < 1.29 is 38.6 Å². The number of carboxylic acid groups (broad SMARTS) is 1. The third kappa shape index (κ3) is 6.05. The van der Waals surface area contributed by atoms with Crippen LogP contribution in [0.1, 0.15) is 40.3 Å². The van der Waals surface area contributed by atoms with E-state index in [1.54, 1.807) is 33.1 Å². The van der Waals surface area contributed by atoms with Crippen molar-refractivity contribution in [1.29, 1.82) is 0 Å². The van der Waals surface area contributed by atoms with Crippen molar-refractivity contribution in [3.8, 4) is 0 Å². The Labute approximate surface area is 215 Å². The van der Waals surface area contributed by atoms with Crippen LogP contribution in [-0.4, -0.2) is 74.2 Å². The molecule has 1 aromatic heterocycles. The van der Waals surface area contributed by atoms with E-state index in [9.17, 15) is 29.1 Å². The number of nitrogens with zero attached hydrogens (tertiary/aromatic N) is 2. The number of aromatic nitrogens is 1. The van der Waals surface area contributed by atoms with Gasteiger partial charge in [-0.05, 0) is 27.7 Å². The number of fused-ring (bicyclic) bond motifs is 1. The highest BCUT2D eigenvalue weighted by Crippen LogP contribution is 2.40. The molecule has 3 heterocycles. The number of amides is 3. The summed E-state index contributed by atoms with van der Waals surface area (Å²) in [6.45, 7) is 7.79. The standard InChI is InChI=1S/C22H26N4O8S2/c1-6-12(13-9-36-20(23-13)25-21(32)34-22(3,4)5)16(28)24-14-17(29)26-15(19(30)31)11(7-33-10(2)27)8-35-18(14)26/h6,9,14,18H,7-8H2,1-5H3,(H,24,28)(H,30,31)(H,23,25,32)/b12-6-/t14?,18-/m0/s1. The van der Waals surface area contributed by atoms with Crippen molar-refractivity contribution in [2.45, 2.75) is 51.6 Å². The lowest BCUT2D eigenvalue weighted by atomic mass is 10.0. The number of thiazole rings is 1. The maximum atomic E-state index is 13.0. The van der Waals surface area contributed by atoms with Crippen molar-refractivity contribution in [3.05, 3.63) is 28.4 Å². The van der Waals surface area contributed by atoms with Crippen LogP contribution in [0.5, 0.6) is 0 Å². The molecule has 3 amide bonds. The second-order valence-electron chi connectivity index (χ2n) is 8.77. The second kappa shape index (κ2) is 10.7. The predicted molar refractivity (Wildman–Crippen MR) is 132 cm³/mol. The summed E-state index contributed by atoms with van der Waals surface area (Å²) in [5.41, 5.74) is -0.144. The minimum absolute atomic E-state index is 0.181. The number of β-lactam (4-membered cyclic amide) rings is 1. The zero-order chi connectivity index (χ0) is 26.8. The summed E-state index contributed by atoms with van der Waals surface area (Å²) >= 11 is 2.36. The molecule has 36 heavy (non-hydrogen) atoms. The summed E-state index contributed by atoms with van der Waals surface area (Å²) in [7, 11) is 0. The van der Waals surface area contributed by atoms with Crippen molar-refractivity contribution in [3.63, 3.8) is 0 Å². The first-order valence-electron chi connectivity index (χ1n) is 10.8. The van der Waals surface area contributed by atoms with Crippen LogP contribution in [-0.2, 0) is 28.7 Å². The molecular weight excluding hydrogens is 512 g/mol. The number of allylic oxidation sites excluding steroid dienone is 1. The minimum Gasteiger partial charge on any atom is -0.477 e. The van der Waals surface area contributed by atoms with Gasteiger partial charge in [-0.25, -0.2) is 14.6 Å². The van der Waals surface area contributed by atoms with E-state index in [-0.39, 0.29) is 28.8 Å². The maximum Gasteiger partial charge on any atom is 0.413 e. The van der Waals surface area contributed by atoms with Crippen molar-refractivity contribution in [2.75, 3.05) is 17.7 Å². The van der Waals surface area contributed by atoms with E-state index in [1.165, 1.54) is 24.8 Å². The number of carboxylic acids is 1. The predicted octanol–water partition coefficient (Wildman–Crippen LogP) is 2.20. The Balaban J connectivity index is 1.68. The van der Waals surface area contributed by atoms with Crippen LogP contribution in [0, 0.1) is 0 Å². The molecule has 3 N–H and O–H groups in total. The van der Waals surface area contributed by atoms with Crippen LogP contribution in [0.4, 0.5) is 9.93 Å². The largest absolute Gasteiger partial charge is 0.477 e. The lowest BCUT2D eigenvalue weighted by molar-refractivity contribution is -0.150. The Morgan fingerprint density at radius 1 is 1.31 bits per heavy atom. The number of carbonyl (C=O) groups is 5. The van der Waals surface area contributed by atoms with E-state index in [0.29, 0.717) is 11.3 Å². The van der Waals surface area contributed by atoms with Crippen LogP contribution in [0.3, 0.4) is 0 Å². The molecule has 0 saturated carbocycles. The molecule has 194 valence electrons. The summed E-state index contributed by atoms with van der Waals surface area (Å²) in [4.78, 5) is 66.1. The molecule has 2 aliphatic rings. The smallest absolute Gasteiger partial charge is 0.413 e. The molecule has 0 radical (unpaired) electrons. The van der Waals surface area contributed by atoms with Crippen molar-refractivity contribution >= 4 is 63.6 Å². The maximum absolute atomic E-state index is 13.0. The molecule has 1 unspecified atom stereocenters. The van der Waals surface area contributed by atoms with Gasteiger partial charge in [0.05, 0.1) is 11.3 Å². The van der Waals surface area contributed by atoms with Gasteiger partial charge in [0.1, 0.15) is 29.3 Å². The number of hydrogen-bond donors (Lipinski definition) is 3. The average molecular weight is 539 g/mol. The van der Waals surface area contributed by atoms with Crippen LogP contribution in [0.2, 0.25) is 0 Å². The van der Waals surface area contributed by atoms with E-state index in [0.717, 1.165) is 16.2 Å². The monoisotopic (exact) mass is 538 g/mol. The number of thioether (sulfide) groups is 1. The highest BCUT2D eigenvalue weighted by atomic mass is 32.2. The first-order valence-corrected chi connectivity index (χ1v) is 12.7. The third-order valence-electron chi connectivity index (χ3n) is 4.91. The first-order chi connectivity index (χ1) is 16.8. The second-order valence-corrected chi connectivity index (χ2v) is 10.7. The van der Waals surface area contributed by atoms with Crippen LogP contribution in [0.25, 0.3) is 5.57 Å². The molecule has 0 spiro atoms. The molecule has 3 rings (SSSR count). The first kappa shape index (κ1) is 27.2. The van der Waals surface area contributed by atoms with Gasteiger partial charge in [-0.2, -0.15) is 0 Å². The number of carbonyl (C=O) groups excluding carboxylic acids is 4. The van der Waals surface area contributed by atoms with Gasteiger partial charge in [-0.3, -0.25) is 24.6 Å². The number of ether oxygens (including phenoxy) is 2. The van der Waals surface area contributed by atoms with E-state index in [4.69, 9.17) is 9.47 Å². The zero-order valence-electron chi connectivity index (χ0n) is 20.2. The molecule has 1 saturated heterocycles. The quantitative estimate of drug-likeness (QED) is 0.266. The van der Waals surface area contributed by atoms with Gasteiger partial charge in [-0.15, -0.1) is 23.1 Å². The SMILES string of the molecule is C/C=C(\C(=O)NC1C(=O)N2C(C(=O)O)=C(COC(C)=O)CS[C@@H]12)c1csc(NC(=O)OC(C)(C)C)n1. The third-order valence-corrected chi connectivity index (χ3v) is 7.00. The Kier molecular flexibility index (Phi) is 8.09. The van der Waals surface area contributed by atoms with E-state index in [1.807, 2.05) is 0 Å². The van der Waals surface area contributed by atoms with Crippen LogP contribution in [0.15, 0.2) is 22.7 Å². The molecule has 1 fully saturated rings. The summed E-state index contributed by atoms with van der Waals surface area (Å²) in [6.07, 6.45) is 0.843. The fraction of sp³-hybridized carbons (Fsp3) is 0.455. The Bertz CT molecular complexity index is 1170. The number of rotatable bonds is 7. The number of nitrogens with one attached hydrogen (secondary N) is 2. The molecule has 14 heteroatoms. The summed E-state index contributed by atoms with van der Waals surface area (Å²) in [6, 6.07) is -0.944. The molecule has 0 bridgehead atoms. The number of anilines is 1. The molecular formula is C22H26N4O8S2. The van der Waals surface area contributed by atoms with Gasteiger partial charge in [0.2, 0.25) is 0 Å². The van der Waals surface area contributed by atoms with Crippen LogP contribution < -0.4 is 10.6 Å². The van der Waals surface area contributed by atoms with Gasteiger partial charge in [-0.1, -0.05) is 6.08 Å². The summed E-state index contributed by atoms with van der Waals surface area (Å²) in [5, 5.41) is 16.0. The number of hydrogen-bond acceptors (Lipinski definition) is 10. The fourth-order valence-corrected chi connectivity index (χ4v) is 5.47. The van der Waals surface area contributed by atoms with Gasteiger partial charge in [0.15, 0.2) is 5.13 Å². The molecule has 2 aliphatic heterocycles. The summed E-state index contributed by atoms with van der Waals surface area (Å²) in [5.74, 6) is -2.82. The zero-order valence-corrected chi connectivity index (χ0v) is 21.9. The Morgan fingerprint density at radius 2 is 2.00 bits per heavy atom. The molecule has 0 aromatic carbocycles. The molecule has 1 aromatic rings. The van der Waals surface area contributed by atoms with Gasteiger partial charge < -0.3 is 19.9 Å². The Hall–Kier alpha value is -3.39. The molecule has 12 nitrogen and oxygen atoms in total. The van der Waals surface area contributed by atoms with E-state index < -0.39 is 46.9 Å². The fourth-order valence-electron chi connectivity index (χ4n) is 3.44. The van der Waals surface area contributed by atoms with E-state index >= 15 is 0 Å². The highest BCUT2D eigenvalue weighted by Gasteiger charge is 2.54. The van der Waals surface area contributed by atoms with Gasteiger partial charge in [0, 0.05) is 23.6 Å². The lowest BCUT2D eigenvalue weighted by Gasteiger charge is -2.49. The number of aliphatic carboxylic acids is 1. The highest BCUT2D eigenvalue weighted by molar-refractivity contribution is 8.00. The van der Waals surface area contributed by atoms with Crippen molar-refractivity contribution in [1.82, 2.24) is 15.2 Å². The van der Waals surface area contributed by atoms with Gasteiger partial charge >= 0.3 is 18.0 Å². The number of esters is 1. The minimum atomic E-state index is -1.32.